The number of hydrogen-bond donors (Lipinski definition) is 2. The maximum Gasteiger partial charge on any atom is 0.323 e. The Kier molecular flexibility index (Phi) is 3.91. The third-order valence-electron chi connectivity index (χ3n) is 2.45. The lowest BCUT2D eigenvalue weighted by molar-refractivity contribution is 0.262. The molecule has 2 rings (SSSR count). The van der Waals surface area contributed by atoms with E-state index < -0.39 is 17.7 Å². The number of urea groups is 1. The zero-order valence-electron chi connectivity index (χ0n) is 10.2. The molecule has 0 aliphatic heterocycles. The van der Waals surface area contributed by atoms with Gasteiger partial charge in [-0.15, -0.1) is 0 Å². The van der Waals surface area contributed by atoms with Crippen LogP contribution in [-0.2, 0) is 0 Å². The van der Waals surface area contributed by atoms with Crippen molar-refractivity contribution in [1.29, 1.82) is 5.26 Å². The van der Waals surface area contributed by atoms with Gasteiger partial charge in [-0.25, -0.2) is 13.6 Å². The number of nitrogens with zero attached hydrogens (tertiary/aromatic N) is 1. The molecule has 2 aromatic rings. The zero-order valence-corrected chi connectivity index (χ0v) is 10.2. The summed E-state index contributed by atoms with van der Waals surface area (Å²) < 4.78 is 25.8. The van der Waals surface area contributed by atoms with E-state index >= 15 is 0 Å². The summed E-state index contributed by atoms with van der Waals surface area (Å²) in [5.74, 6) is -1.06. The number of amides is 2. The first kappa shape index (κ1) is 13.5. The predicted octanol–water partition coefficient (Wildman–Crippen LogP) is 3.48. The summed E-state index contributed by atoms with van der Waals surface area (Å²) in [6, 6.07) is 9.97. The highest BCUT2D eigenvalue weighted by Crippen LogP contribution is 2.15. The van der Waals surface area contributed by atoms with E-state index in [0.717, 1.165) is 6.07 Å². The van der Waals surface area contributed by atoms with Gasteiger partial charge in [0.15, 0.2) is 0 Å². The highest BCUT2D eigenvalue weighted by Gasteiger charge is 2.06. The average molecular weight is 273 g/mol. The topological polar surface area (TPSA) is 64.9 Å². The van der Waals surface area contributed by atoms with Gasteiger partial charge in [0.2, 0.25) is 0 Å². The maximum atomic E-state index is 13.1. The molecule has 6 heteroatoms. The van der Waals surface area contributed by atoms with Gasteiger partial charge in [0.25, 0.3) is 0 Å². The highest BCUT2D eigenvalue weighted by atomic mass is 19.1. The van der Waals surface area contributed by atoms with Gasteiger partial charge in [-0.1, -0.05) is 0 Å². The quantitative estimate of drug-likeness (QED) is 0.879. The molecule has 0 aliphatic carbocycles. The second kappa shape index (κ2) is 5.80. The van der Waals surface area contributed by atoms with Crippen LogP contribution in [0.5, 0.6) is 0 Å². The van der Waals surface area contributed by atoms with Gasteiger partial charge in [-0.2, -0.15) is 5.26 Å². The lowest BCUT2D eigenvalue weighted by atomic mass is 10.2. The van der Waals surface area contributed by atoms with E-state index in [9.17, 15) is 13.6 Å². The molecule has 0 bridgehead atoms. The van der Waals surface area contributed by atoms with Crippen molar-refractivity contribution in [1.82, 2.24) is 0 Å². The lowest BCUT2D eigenvalue weighted by Crippen LogP contribution is -2.19. The normalized spacial score (nSPS) is 9.65. The van der Waals surface area contributed by atoms with Crippen LogP contribution in [0.15, 0.2) is 42.5 Å². The molecule has 0 aromatic heterocycles. The van der Waals surface area contributed by atoms with Crippen LogP contribution >= 0.6 is 0 Å². The molecule has 0 spiro atoms. The first-order valence-electron chi connectivity index (χ1n) is 5.62. The Morgan fingerprint density at radius 1 is 1.00 bits per heavy atom. The van der Waals surface area contributed by atoms with Gasteiger partial charge in [0, 0.05) is 11.4 Å². The minimum Gasteiger partial charge on any atom is -0.308 e. The number of rotatable bonds is 2. The second-order valence-corrected chi connectivity index (χ2v) is 3.89. The van der Waals surface area contributed by atoms with Gasteiger partial charge in [-0.05, 0) is 42.5 Å². The van der Waals surface area contributed by atoms with E-state index in [-0.39, 0.29) is 11.3 Å². The molecule has 0 saturated carbocycles. The average Bonchev–Trinajstić information content (AvgIpc) is 2.43. The summed E-state index contributed by atoms with van der Waals surface area (Å²) in [5, 5.41) is 13.6. The fraction of sp³-hybridized carbons (Fsp3) is 0. The second-order valence-electron chi connectivity index (χ2n) is 3.89. The molecule has 4 nitrogen and oxygen atoms in total. The van der Waals surface area contributed by atoms with E-state index in [4.69, 9.17) is 5.26 Å². The maximum absolute atomic E-state index is 13.1. The molecule has 0 unspecified atom stereocenters. The summed E-state index contributed by atoms with van der Waals surface area (Å²) in [7, 11) is 0. The molecule has 0 aliphatic rings. The molecule has 0 fully saturated rings. The first-order valence-corrected chi connectivity index (χ1v) is 5.62. The van der Waals surface area contributed by atoms with Gasteiger partial charge in [-0.3, -0.25) is 0 Å². The number of benzene rings is 2. The lowest BCUT2D eigenvalue weighted by Gasteiger charge is -2.08. The zero-order chi connectivity index (χ0) is 14.5. The van der Waals surface area contributed by atoms with Crippen molar-refractivity contribution < 1.29 is 13.6 Å². The fourth-order valence-corrected chi connectivity index (χ4v) is 1.52. The van der Waals surface area contributed by atoms with Gasteiger partial charge >= 0.3 is 6.03 Å². The molecular weight excluding hydrogens is 264 g/mol. The van der Waals surface area contributed by atoms with Crippen LogP contribution in [0.2, 0.25) is 0 Å². The summed E-state index contributed by atoms with van der Waals surface area (Å²) in [6.45, 7) is 0. The molecule has 100 valence electrons. The van der Waals surface area contributed by atoms with E-state index in [1.165, 1.54) is 36.4 Å². The number of nitrogens with one attached hydrogen (secondary N) is 2. The number of carbonyl (C=O) groups is 1. The van der Waals surface area contributed by atoms with Crippen molar-refractivity contribution in [3.05, 3.63) is 59.7 Å². The van der Waals surface area contributed by atoms with Crippen molar-refractivity contribution in [2.24, 2.45) is 0 Å². The Bertz CT molecular complexity index is 678. The van der Waals surface area contributed by atoms with Crippen molar-refractivity contribution in [3.8, 4) is 6.07 Å². The Hall–Kier alpha value is -2.94. The van der Waals surface area contributed by atoms with Gasteiger partial charge in [0.05, 0.1) is 5.56 Å². The summed E-state index contributed by atoms with van der Waals surface area (Å²) in [6.07, 6.45) is 0. The van der Waals surface area contributed by atoms with Crippen molar-refractivity contribution in [2.45, 2.75) is 0 Å². The highest BCUT2D eigenvalue weighted by molar-refractivity contribution is 5.99. The number of halogens is 2. The third-order valence-corrected chi connectivity index (χ3v) is 2.45. The van der Waals surface area contributed by atoms with E-state index in [1.54, 1.807) is 6.07 Å². The molecule has 0 heterocycles. The summed E-state index contributed by atoms with van der Waals surface area (Å²) in [5.41, 5.74) is 0.527. The number of anilines is 2. The molecule has 2 aromatic carbocycles. The molecule has 0 saturated heterocycles. The largest absolute Gasteiger partial charge is 0.323 e. The molecular formula is C14H9F2N3O. The van der Waals surface area contributed by atoms with Crippen LogP contribution in [0.1, 0.15) is 5.56 Å². The molecule has 2 N–H and O–H groups in total. The van der Waals surface area contributed by atoms with Crippen molar-refractivity contribution >= 4 is 17.4 Å². The van der Waals surface area contributed by atoms with Crippen LogP contribution < -0.4 is 10.6 Å². The van der Waals surface area contributed by atoms with Crippen LogP contribution in [0, 0.1) is 23.0 Å². The Morgan fingerprint density at radius 3 is 2.25 bits per heavy atom. The van der Waals surface area contributed by atoms with Crippen LogP contribution in [-0.4, -0.2) is 6.03 Å². The Balaban J connectivity index is 2.05. The van der Waals surface area contributed by atoms with Gasteiger partial charge in [0.1, 0.15) is 17.7 Å². The van der Waals surface area contributed by atoms with Crippen molar-refractivity contribution in [3.63, 3.8) is 0 Å². The van der Waals surface area contributed by atoms with E-state index in [0.29, 0.717) is 5.69 Å². The molecule has 0 radical (unpaired) electrons. The first-order chi connectivity index (χ1) is 9.58. The molecule has 0 atom stereocenters. The van der Waals surface area contributed by atoms with Gasteiger partial charge < -0.3 is 10.6 Å². The smallest absolute Gasteiger partial charge is 0.308 e. The number of carbonyl (C=O) groups excluding carboxylic acids is 1. The van der Waals surface area contributed by atoms with Crippen molar-refractivity contribution in [2.75, 3.05) is 10.6 Å². The Labute approximate surface area is 113 Å². The SMILES string of the molecule is N#Cc1cc(NC(=O)Nc2ccc(F)cc2)ccc1F. The summed E-state index contributed by atoms with van der Waals surface area (Å²) in [4.78, 5) is 11.7. The van der Waals surface area contributed by atoms with Crippen LogP contribution in [0.3, 0.4) is 0 Å². The predicted molar refractivity (Wildman–Crippen MR) is 70.2 cm³/mol. The Morgan fingerprint density at radius 2 is 1.60 bits per heavy atom. The number of hydrogen-bond acceptors (Lipinski definition) is 2. The standard InChI is InChI=1S/C14H9F2N3O/c15-10-1-3-11(4-2-10)18-14(20)19-12-5-6-13(16)9(7-12)8-17/h1-7H,(H2,18,19,20). The summed E-state index contributed by atoms with van der Waals surface area (Å²) >= 11 is 0. The van der Waals surface area contributed by atoms with E-state index in [2.05, 4.69) is 10.6 Å². The minimum absolute atomic E-state index is 0.162. The third kappa shape index (κ3) is 3.29. The monoisotopic (exact) mass is 273 g/mol. The van der Waals surface area contributed by atoms with Crippen LogP contribution in [0.4, 0.5) is 25.0 Å². The molecule has 20 heavy (non-hydrogen) atoms. The van der Waals surface area contributed by atoms with Crippen LogP contribution in [0.25, 0.3) is 0 Å². The minimum atomic E-state index is -0.656. The fourth-order valence-electron chi connectivity index (χ4n) is 1.52. The number of nitriles is 1. The van der Waals surface area contributed by atoms with E-state index in [1.807, 2.05) is 0 Å². The molecule has 2 amide bonds.